The molecule has 0 saturated carbocycles. The number of hydrogen-bond acceptors (Lipinski definition) is 4. The van der Waals surface area contributed by atoms with Crippen LogP contribution in [0.15, 0.2) is 29.6 Å². The monoisotopic (exact) mass is 277 g/mol. The Morgan fingerprint density at radius 2 is 2.21 bits per heavy atom. The highest BCUT2D eigenvalue weighted by Gasteiger charge is 2.06. The van der Waals surface area contributed by atoms with Crippen molar-refractivity contribution in [2.75, 3.05) is 6.61 Å². The molecule has 0 aliphatic rings. The van der Waals surface area contributed by atoms with Crippen molar-refractivity contribution < 1.29 is 14.6 Å². The molecule has 2 aromatic rings. The summed E-state index contributed by atoms with van der Waals surface area (Å²) in [6.07, 6.45) is 0.674. The van der Waals surface area contributed by atoms with Crippen LogP contribution in [0.3, 0.4) is 0 Å². The average Bonchev–Trinajstić information content (AvgIpc) is 2.78. The molecule has 1 aromatic carbocycles. The lowest BCUT2D eigenvalue weighted by Gasteiger charge is -2.07. The van der Waals surface area contributed by atoms with E-state index in [2.05, 4.69) is 4.98 Å². The molecule has 1 aromatic heterocycles. The summed E-state index contributed by atoms with van der Waals surface area (Å²) in [5, 5.41) is 11.4. The molecule has 0 radical (unpaired) electrons. The Bertz CT molecular complexity index is 565. The Morgan fingerprint density at radius 3 is 2.95 bits per heavy atom. The second-order valence-electron chi connectivity index (χ2n) is 4.17. The number of aryl methyl sites for hydroxylation is 1. The van der Waals surface area contributed by atoms with Crippen LogP contribution in [0.1, 0.15) is 16.3 Å². The smallest absolute Gasteiger partial charge is 0.309 e. The van der Waals surface area contributed by atoms with Gasteiger partial charge in [0.15, 0.2) is 0 Å². The van der Waals surface area contributed by atoms with E-state index in [9.17, 15) is 4.79 Å². The molecule has 0 amide bonds. The van der Waals surface area contributed by atoms with Crippen LogP contribution in [-0.4, -0.2) is 22.7 Å². The summed E-state index contributed by atoms with van der Waals surface area (Å²) in [5.41, 5.74) is 1.72. The van der Waals surface area contributed by atoms with Gasteiger partial charge in [0, 0.05) is 11.8 Å². The minimum Gasteiger partial charge on any atom is -0.493 e. The van der Waals surface area contributed by atoms with E-state index in [1.165, 1.54) is 11.3 Å². The third-order valence-corrected chi connectivity index (χ3v) is 3.56. The number of hydrogen-bond donors (Lipinski definition) is 1. The van der Waals surface area contributed by atoms with Gasteiger partial charge in [0.25, 0.3) is 0 Å². The van der Waals surface area contributed by atoms with Crippen LogP contribution in [0.25, 0.3) is 0 Å². The summed E-state index contributed by atoms with van der Waals surface area (Å²) in [7, 11) is 0. The van der Waals surface area contributed by atoms with E-state index in [-0.39, 0.29) is 6.42 Å². The van der Waals surface area contributed by atoms with Gasteiger partial charge in [-0.3, -0.25) is 4.79 Å². The summed E-state index contributed by atoms with van der Waals surface area (Å²) in [6, 6.07) is 7.86. The van der Waals surface area contributed by atoms with Crippen LogP contribution in [0.5, 0.6) is 5.75 Å². The molecule has 0 unspecified atom stereocenters. The fraction of sp³-hybridized carbons (Fsp3) is 0.286. The Balaban J connectivity index is 1.84. The molecular formula is C14H15NO3S. The molecular weight excluding hydrogens is 262 g/mol. The summed E-state index contributed by atoms with van der Waals surface area (Å²) in [5.74, 6) is 0.0258. The second-order valence-corrected chi connectivity index (χ2v) is 5.11. The highest BCUT2D eigenvalue weighted by molar-refractivity contribution is 7.09. The number of para-hydroxylation sites is 1. The van der Waals surface area contributed by atoms with Gasteiger partial charge in [0.1, 0.15) is 5.75 Å². The first kappa shape index (κ1) is 13.5. The van der Waals surface area contributed by atoms with Crippen LogP contribution in [-0.2, 0) is 17.6 Å². The Kier molecular flexibility index (Phi) is 4.52. The Labute approximate surface area is 115 Å². The fourth-order valence-corrected chi connectivity index (χ4v) is 2.45. The lowest BCUT2D eigenvalue weighted by atomic mass is 10.2. The summed E-state index contributed by atoms with van der Waals surface area (Å²) in [4.78, 5) is 14.8. The molecule has 0 spiro atoms. The molecule has 19 heavy (non-hydrogen) atoms. The van der Waals surface area contributed by atoms with Gasteiger partial charge >= 0.3 is 5.97 Å². The van der Waals surface area contributed by atoms with Crippen molar-refractivity contribution in [2.45, 2.75) is 19.8 Å². The zero-order chi connectivity index (χ0) is 13.7. The van der Waals surface area contributed by atoms with Gasteiger partial charge in [0.05, 0.1) is 23.7 Å². The van der Waals surface area contributed by atoms with Gasteiger partial charge in [-0.25, -0.2) is 4.98 Å². The Hall–Kier alpha value is -1.88. The number of rotatable bonds is 6. The third kappa shape index (κ3) is 4.06. The lowest BCUT2D eigenvalue weighted by molar-refractivity contribution is -0.136. The van der Waals surface area contributed by atoms with E-state index in [1.807, 2.05) is 31.2 Å². The standard InChI is InChI=1S/C14H15NO3S/c1-10-4-2-3-5-12(10)18-7-6-13-15-11(9-19-13)8-14(16)17/h2-5,9H,6-8H2,1H3,(H,16,17). The van der Waals surface area contributed by atoms with E-state index in [0.29, 0.717) is 18.7 Å². The molecule has 0 saturated heterocycles. The van der Waals surface area contributed by atoms with Gasteiger partial charge in [-0.05, 0) is 18.6 Å². The molecule has 0 fully saturated rings. The van der Waals surface area contributed by atoms with Crippen molar-refractivity contribution in [3.8, 4) is 5.75 Å². The number of carboxylic acids is 1. The molecule has 0 bridgehead atoms. The molecule has 1 N–H and O–H groups in total. The minimum absolute atomic E-state index is 0.0187. The topological polar surface area (TPSA) is 59.4 Å². The number of aromatic nitrogens is 1. The predicted molar refractivity (Wildman–Crippen MR) is 73.8 cm³/mol. The van der Waals surface area contributed by atoms with Crippen LogP contribution in [0.4, 0.5) is 0 Å². The first-order valence-electron chi connectivity index (χ1n) is 5.98. The van der Waals surface area contributed by atoms with Crippen molar-refractivity contribution in [1.29, 1.82) is 0 Å². The SMILES string of the molecule is Cc1ccccc1OCCc1nc(CC(=O)O)cs1. The maximum absolute atomic E-state index is 10.6. The normalized spacial score (nSPS) is 10.4. The number of nitrogens with zero attached hydrogens (tertiary/aromatic N) is 1. The molecule has 4 nitrogen and oxygen atoms in total. The van der Waals surface area contributed by atoms with Crippen molar-refractivity contribution in [2.24, 2.45) is 0 Å². The first-order chi connectivity index (χ1) is 9.15. The van der Waals surface area contributed by atoms with Crippen LogP contribution in [0.2, 0.25) is 0 Å². The van der Waals surface area contributed by atoms with E-state index in [1.54, 1.807) is 5.38 Å². The molecule has 1 heterocycles. The number of benzene rings is 1. The maximum atomic E-state index is 10.6. The first-order valence-corrected chi connectivity index (χ1v) is 6.86. The largest absolute Gasteiger partial charge is 0.493 e. The highest BCUT2D eigenvalue weighted by atomic mass is 32.1. The summed E-state index contributed by atoms with van der Waals surface area (Å²) >= 11 is 1.48. The van der Waals surface area contributed by atoms with Gasteiger partial charge in [-0.2, -0.15) is 0 Å². The number of aliphatic carboxylic acids is 1. The van der Waals surface area contributed by atoms with E-state index in [0.717, 1.165) is 16.3 Å². The minimum atomic E-state index is -0.854. The zero-order valence-electron chi connectivity index (χ0n) is 10.6. The van der Waals surface area contributed by atoms with E-state index < -0.39 is 5.97 Å². The molecule has 5 heteroatoms. The third-order valence-electron chi connectivity index (χ3n) is 2.60. The molecule has 0 aliphatic carbocycles. The van der Waals surface area contributed by atoms with E-state index in [4.69, 9.17) is 9.84 Å². The van der Waals surface area contributed by atoms with Crippen LogP contribution in [0, 0.1) is 6.92 Å². The zero-order valence-corrected chi connectivity index (χ0v) is 11.4. The molecule has 0 aliphatic heterocycles. The second kappa shape index (κ2) is 6.33. The fourth-order valence-electron chi connectivity index (χ4n) is 1.67. The van der Waals surface area contributed by atoms with Gasteiger partial charge in [-0.15, -0.1) is 11.3 Å². The number of thiazole rings is 1. The summed E-state index contributed by atoms with van der Waals surface area (Å²) in [6.45, 7) is 2.55. The van der Waals surface area contributed by atoms with Gasteiger partial charge < -0.3 is 9.84 Å². The maximum Gasteiger partial charge on any atom is 0.309 e. The quantitative estimate of drug-likeness (QED) is 0.882. The van der Waals surface area contributed by atoms with Gasteiger partial charge in [0.2, 0.25) is 0 Å². The van der Waals surface area contributed by atoms with Crippen LogP contribution >= 0.6 is 11.3 Å². The highest BCUT2D eigenvalue weighted by Crippen LogP contribution is 2.17. The van der Waals surface area contributed by atoms with Crippen molar-refractivity contribution >= 4 is 17.3 Å². The molecule has 0 atom stereocenters. The van der Waals surface area contributed by atoms with Crippen molar-refractivity contribution in [3.63, 3.8) is 0 Å². The average molecular weight is 277 g/mol. The van der Waals surface area contributed by atoms with Gasteiger partial charge in [-0.1, -0.05) is 18.2 Å². The van der Waals surface area contributed by atoms with Crippen molar-refractivity contribution in [1.82, 2.24) is 4.98 Å². The Morgan fingerprint density at radius 1 is 1.42 bits per heavy atom. The van der Waals surface area contributed by atoms with Crippen molar-refractivity contribution in [3.05, 3.63) is 45.9 Å². The number of ether oxygens (including phenoxy) is 1. The summed E-state index contributed by atoms with van der Waals surface area (Å²) < 4.78 is 5.68. The molecule has 100 valence electrons. The van der Waals surface area contributed by atoms with Crippen LogP contribution < -0.4 is 4.74 Å². The lowest BCUT2D eigenvalue weighted by Crippen LogP contribution is -2.03. The molecule has 2 rings (SSSR count). The number of carboxylic acid groups (broad SMARTS) is 1. The predicted octanol–water partition coefficient (Wildman–Crippen LogP) is 2.70. The number of carbonyl (C=O) groups is 1. The van der Waals surface area contributed by atoms with E-state index >= 15 is 0 Å².